The first-order chi connectivity index (χ1) is 49.2. The summed E-state index contributed by atoms with van der Waals surface area (Å²) in [5, 5.41) is 20.6. The fourth-order valence-corrected chi connectivity index (χ4v) is 11.2. The lowest BCUT2D eigenvalue weighted by Crippen LogP contribution is -2.30. The smallest absolute Gasteiger partial charge is 0.463 e. The van der Waals surface area contributed by atoms with Crippen LogP contribution < -0.4 is 0 Å². The molecule has 574 valence electrons. The Bertz CT molecular complexity index is 2520. The molecule has 0 saturated carbocycles. The van der Waals surface area contributed by atoms with Gasteiger partial charge in [0.15, 0.2) is 6.10 Å². The number of aliphatic hydroxyl groups excluding tert-OH is 2. The molecule has 5 atom stereocenters. The van der Waals surface area contributed by atoms with E-state index in [1.54, 1.807) is 0 Å². The van der Waals surface area contributed by atoms with Gasteiger partial charge in [-0.3, -0.25) is 32.5 Å². The van der Waals surface area contributed by atoms with Gasteiger partial charge in [0.2, 0.25) is 0 Å². The molecule has 0 aliphatic carbocycles. The molecular formula is C83H136O16P2. The summed E-state index contributed by atoms with van der Waals surface area (Å²) in [7, 11) is -9.82. The Hall–Kier alpha value is -5.09. The third-order valence-corrected chi connectivity index (χ3v) is 17.3. The molecule has 0 aromatic rings. The lowest BCUT2D eigenvalue weighted by molar-refractivity contribution is -0.161. The fraction of sp³-hybridized carbons (Fsp3) is 0.627. The van der Waals surface area contributed by atoms with Crippen LogP contribution in [0.1, 0.15) is 278 Å². The minimum Gasteiger partial charge on any atom is -0.463 e. The maximum atomic E-state index is 13.0. The normalized spacial score (nSPS) is 15.0. The van der Waals surface area contributed by atoms with Crippen molar-refractivity contribution < 1.29 is 75.8 Å². The van der Waals surface area contributed by atoms with Crippen molar-refractivity contribution in [2.45, 2.75) is 296 Å². The van der Waals surface area contributed by atoms with Crippen molar-refractivity contribution in [3.63, 3.8) is 0 Å². The second kappa shape index (κ2) is 74.6. The number of phosphoric acid groups is 2. The first-order valence-corrected chi connectivity index (χ1v) is 41.4. The van der Waals surface area contributed by atoms with Crippen molar-refractivity contribution in [3.8, 4) is 0 Å². The summed E-state index contributed by atoms with van der Waals surface area (Å²) in [6.07, 6.45) is 93.9. The molecule has 18 heteroatoms. The molecule has 0 saturated heterocycles. The van der Waals surface area contributed by atoms with Crippen LogP contribution in [0.5, 0.6) is 0 Å². The van der Waals surface area contributed by atoms with E-state index in [-0.39, 0.29) is 19.3 Å². The van der Waals surface area contributed by atoms with E-state index < -0.39 is 91.5 Å². The average molecular weight is 1450 g/mol. The van der Waals surface area contributed by atoms with Crippen molar-refractivity contribution in [2.24, 2.45) is 0 Å². The Kier molecular flexibility index (Phi) is 70.9. The second-order valence-electron chi connectivity index (χ2n) is 25.0. The van der Waals surface area contributed by atoms with Crippen molar-refractivity contribution in [2.75, 3.05) is 39.6 Å². The molecule has 0 fully saturated rings. The molecule has 4 N–H and O–H groups in total. The SMILES string of the molecule is CC/C=C\C/C=C\C/C=C\C/C=C\C/C=C\CCCCCCCC(=O)OCC(COP(=O)(O)OCC(O)COP(=O)(O)OCC(O)COC(=O)CCCCCCCCCCC/C=C\C/C=C\C/C=C\C/C=C\CCCCC)OC(=O)CCCCC/C=C\C/C=C\C/C=C\C/C=C\C/C=C\CC. The summed E-state index contributed by atoms with van der Waals surface area (Å²) in [4.78, 5) is 58.7. The first-order valence-electron chi connectivity index (χ1n) is 38.4. The summed E-state index contributed by atoms with van der Waals surface area (Å²) in [5.41, 5.74) is 0. The summed E-state index contributed by atoms with van der Waals surface area (Å²) in [6, 6.07) is 0. The highest BCUT2D eigenvalue weighted by Crippen LogP contribution is 2.45. The predicted octanol–water partition coefficient (Wildman–Crippen LogP) is 22.4. The summed E-state index contributed by atoms with van der Waals surface area (Å²) in [5.74, 6) is -1.65. The van der Waals surface area contributed by atoms with Gasteiger partial charge >= 0.3 is 33.6 Å². The van der Waals surface area contributed by atoms with E-state index in [9.17, 15) is 43.5 Å². The largest absolute Gasteiger partial charge is 0.472 e. The summed E-state index contributed by atoms with van der Waals surface area (Å²) in [6.45, 7) is 2.34. The van der Waals surface area contributed by atoms with E-state index in [1.807, 2.05) is 0 Å². The first kappa shape index (κ1) is 95.9. The van der Waals surface area contributed by atoms with Gasteiger partial charge in [0.05, 0.1) is 26.4 Å². The van der Waals surface area contributed by atoms with Gasteiger partial charge in [-0.15, -0.1) is 0 Å². The second-order valence-corrected chi connectivity index (χ2v) is 27.9. The van der Waals surface area contributed by atoms with Gasteiger partial charge in [-0.05, 0) is 154 Å². The summed E-state index contributed by atoms with van der Waals surface area (Å²) >= 11 is 0. The highest BCUT2D eigenvalue weighted by atomic mass is 31.2. The molecule has 0 aliphatic rings. The summed E-state index contributed by atoms with van der Waals surface area (Å²) < 4.78 is 61.1. The minimum atomic E-state index is -4.95. The van der Waals surface area contributed by atoms with Crippen LogP contribution in [0.3, 0.4) is 0 Å². The molecule has 5 unspecified atom stereocenters. The molecular weight excluding hydrogens is 1310 g/mol. The molecule has 101 heavy (non-hydrogen) atoms. The van der Waals surface area contributed by atoms with Gasteiger partial charge in [-0.1, -0.05) is 274 Å². The van der Waals surface area contributed by atoms with E-state index in [4.69, 9.17) is 32.3 Å². The van der Waals surface area contributed by atoms with Crippen LogP contribution in [-0.4, -0.2) is 95.9 Å². The quantitative estimate of drug-likeness (QED) is 0.0146. The Morgan fingerprint density at radius 2 is 0.525 bits per heavy atom. The van der Waals surface area contributed by atoms with Crippen molar-refractivity contribution in [1.82, 2.24) is 0 Å². The Labute approximate surface area is 612 Å². The molecule has 16 nitrogen and oxygen atoms in total. The Morgan fingerprint density at radius 1 is 0.287 bits per heavy atom. The predicted molar refractivity (Wildman–Crippen MR) is 417 cm³/mol. The Balaban J connectivity index is 4.72. The van der Waals surface area contributed by atoms with E-state index in [1.165, 1.54) is 51.4 Å². The van der Waals surface area contributed by atoms with Crippen LogP contribution in [0.4, 0.5) is 0 Å². The molecule has 0 radical (unpaired) electrons. The van der Waals surface area contributed by atoms with E-state index in [0.29, 0.717) is 19.3 Å². The number of unbranched alkanes of at least 4 members (excludes halogenated alkanes) is 20. The third-order valence-electron chi connectivity index (χ3n) is 15.4. The zero-order valence-electron chi connectivity index (χ0n) is 62.5. The van der Waals surface area contributed by atoms with Crippen molar-refractivity contribution in [3.05, 3.63) is 170 Å². The van der Waals surface area contributed by atoms with Crippen LogP contribution >= 0.6 is 15.6 Å². The molecule has 0 aromatic carbocycles. The third kappa shape index (κ3) is 75.9. The number of esters is 3. The van der Waals surface area contributed by atoms with Gasteiger partial charge < -0.3 is 34.2 Å². The van der Waals surface area contributed by atoms with Gasteiger partial charge in [0, 0.05) is 19.3 Å². The molecule has 0 aliphatic heterocycles. The van der Waals surface area contributed by atoms with Gasteiger partial charge in [-0.25, -0.2) is 9.13 Å². The van der Waals surface area contributed by atoms with Crippen LogP contribution in [-0.2, 0) is 55.8 Å². The standard InChI is InChI=1S/C83H136O16P2/c1-4-7-10-13-16-19-22-25-28-31-34-36-37-38-39-41-44-45-48-51-54-57-60-63-66-69-81(86)93-72-78(84)73-95-100(89,90)96-74-79(85)75-97-101(91,92)98-77-80(99-83(88)71-68-65-62-59-56-53-50-47-42-33-30-27-24-21-18-15-12-9-6-3)76-94-82(87)70-67-64-61-58-55-52-49-46-43-40-35-32-29-26-23-20-17-14-11-8-5-2/h8-9,11-12,16-21,25-30,34-36,38-40,42,46-47,49,53,56,78-80,84-85H,4-7,10,13-15,22-24,31-33,37,41,43-45,48,50-52,54-55,57-77H2,1-3H3,(H,89,90)(H,91,92)/b11-8-,12-9-,19-16-,20-17-,21-18-,28-25-,29-26-,30-27-,36-34-,39-38-,40-35-,47-42-,49-46-,56-53-. The number of hydrogen-bond donors (Lipinski definition) is 4. The monoisotopic (exact) mass is 1450 g/mol. The molecule has 0 amide bonds. The number of ether oxygens (including phenoxy) is 3. The molecule has 0 spiro atoms. The van der Waals surface area contributed by atoms with E-state index in [2.05, 4.69) is 191 Å². The minimum absolute atomic E-state index is 0.0536. The number of carbonyl (C=O) groups is 3. The van der Waals surface area contributed by atoms with E-state index in [0.717, 1.165) is 167 Å². The van der Waals surface area contributed by atoms with Gasteiger partial charge in [0.1, 0.15) is 25.4 Å². The number of phosphoric ester groups is 2. The maximum Gasteiger partial charge on any atom is 0.472 e. The lowest BCUT2D eigenvalue weighted by atomic mass is 10.1. The van der Waals surface area contributed by atoms with Gasteiger partial charge in [0.25, 0.3) is 0 Å². The molecule has 0 bridgehead atoms. The number of rotatable bonds is 71. The maximum absolute atomic E-state index is 13.0. The zero-order chi connectivity index (χ0) is 73.7. The van der Waals surface area contributed by atoms with Crippen molar-refractivity contribution >= 4 is 33.6 Å². The highest BCUT2D eigenvalue weighted by molar-refractivity contribution is 7.47. The number of allylic oxidation sites excluding steroid dienone is 28. The highest BCUT2D eigenvalue weighted by Gasteiger charge is 2.29. The van der Waals surface area contributed by atoms with E-state index >= 15 is 0 Å². The topological polar surface area (TPSA) is 231 Å². The number of aliphatic hydroxyl groups is 2. The lowest BCUT2D eigenvalue weighted by Gasteiger charge is -2.21. The molecule has 0 aromatic heterocycles. The number of carbonyl (C=O) groups excluding carboxylic acids is 3. The molecule has 0 rings (SSSR count). The van der Waals surface area contributed by atoms with Crippen molar-refractivity contribution in [1.29, 1.82) is 0 Å². The average Bonchev–Trinajstić information content (AvgIpc) is 0.970. The fourth-order valence-electron chi connectivity index (χ4n) is 9.61. The van der Waals surface area contributed by atoms with Crippen LogP contribution in [0.25, 0.3) is 0 Å². The van der Waals surface area contributed by atoms with Gasteiger partial charge in [-0.2, -0.15) is 0 Å². The molecule has 0 heterocycles. The van der Waals surface area contributed by atoms with Crippen LogP contribution in [0.2, 0.25) is 0 Å². The number of hydrogen-bond acceptors (Lipinski definition) is 14. The van der Waals surface area contributed by atoms with Crippen LogP contribution in [0, 0.1) is 0 Å². The Morgan fingerprint density at radius 3 is 0.842 bits per heavy atom. The zero-order valence-corrected chi connectivity index (χ0v) is 64.3. The van der Waals surface area contributed by atoms with Crippen LogP contribution in [0.15, 0.2) is 170 Å².